The molecule has 1 heterocycles. The van der Waals surface area contributed by atoms with Crippen LogP contribution < -0.4 is 5.73 Å². The Kier molecular flexibility index (Phi) is 4.01. The molecule has 1 aliphatic rings. The van der Waals surface area contributed by atoms with Crippen LogP contribution in [0.15, 0.2) is 12.3 Å². The van der Waals surface area contributed by atoms with Gasteiger partial charge in [-0.15, -0.1) is 0 Å². The molecule has 2 N–H and O–H groups in total. The Balaban J connectivity index is 2.08. The van der Waals surface area contributed by atoms with Crippen LogP contribution in [0.25, 0.3) is 0 Å². The van der Waals surface area contributed by atoms with Crippen LogP contribution in [0.4, 0.5) is 5.69 Å². The lowest BCUT2D eigenvalue weighted by atomic mass is 10.1. The Morgan fingerprint density at radius 2 is 2.20 bits per heavy atom. The number of methoxy groups -OCH3 is 1. The summed E-state index contributed by atoms with van der Waals surface area (Å²) in [6.45, 7) is 2.06. The third-order valence-corrected chi connectivity index (χ3v) is 3.53. The number of nitrogens with two attached hydrogens (primary N) is 1. The molecule has 1 fully saturated rings. The molecule has 1 saturated carbocycles. The highest BCUT2D eigenvalue weighted by Gasteiger charge is 2.29. The monoisotopic (exact) mass is 279 g/mol. The largest absolute Gasteiger partial charge is 0.469 e. The second kappa shape index (κ2) is 5.56. The second-order valence-corrected chi connectivity index (χ2v) is 5.41. The summed E-state index contributed by atoms with van der Waals surface area (Å²) in [4.78, 5) is 25.4. The van der Waals surface area contributed by atoms with Crippen molar-refractivity contribution in [1.82, 2.24) is 9.47 Å². The zero-order chi connectivity index (χ0) is 14.9. The van der Waals surface area contributed by atoms with Gasteiger partial charge in [0.1, 0.15) is 5.69 Å². The van der Waals surface area contributed by atoms with Gasteiger partial charge < -0.3 is 19.9 Å². The molecule has 0 bridgehead atoms. The van der Waals surface area contributed by atoms with Gasteiger partial charge in [-0.2, -0.15) is 0 Å². The van der Waals surface area contributed by atoms with E-state index in [4.69, 9.17) is 5.73 Å². The number of hydrogen-bond acceptors (Lipinski definition) is 4. The number of aromatic nitrogens is 1. The fourth-order valence-corrected chi connectivity index (χ4v) is 2.29. The van der Waals surface area contributed by atoms with Gasteiger partial charge in [0, 0.05) is 25.8 Å². The van der Waals surface area contributed by atoms with Crippen LogP contribution in [0.3, 0.4) is 0 Å². The average Bonchev–Trinajstić information content (AvgIpc) is 3.19. The summed E-state index contributed by atoms with van der Waals surface area (Å²) >= 11 is 0. The fourth-order valence-electron chi connectivity index (χ4n) is 2.29. The van der Waals surface area contributed by atoms with Crippen LogP contribution in [-0.4, -0.2) is 42.0 Å². The molecule has 0 saturated heterocycles. The van der Waals surface area contributed by atoms with Crippen LogP contribution >= 0.6 is 0 Å². The highest BCUT2D eigenvalue weighted by molar-refractivity contribution is 5.94. The predicted octanol–water partition coefficient (Wildman–Crippen LogP) is 1.29. The molecular weight excluding hydrogens is 258 g/mol. The zero-order valence-electron chi connectivity index (χ0n) is 12.1. The Morgan fingerprint density at radius 1 is 1.55 bits per heavy atom. The number of ether oxygens (including phenoxy) is 1. The van der Waals surface area contributed by atoms with Crippen LogP contribution in [0, 0.1) is 5.92 Å². The van der Waals surface area contributed by atoms with Gasteiger partial charge >= 0.3 is 5.97 Å². The summed E-state index contributed by atoms with van der Waals surface area (Å²) in [6.07, 6.45) is 3.97. The van der Waals surface area contributed by atoms with Gasteiger partial charge in [0.2, 0.25) is 0 Å². The van der Waals surface area contributed by atoms with Crippen molar-refractivity contribution in [3.63, 3.8) is 0 Å². The predicted molar refractivity (Wildman–Crippen MR) is 75.3 cm³/mol. The van der Waals surface area contributed by atoms with Crippen molar-refractivity contribution in [3.05, 3.63) is 18.0 Å². The highest BCUT2D eigenvalue weighted by atomic mass is 16.5. The maximum atomic E-state index is 12.5. The Bertz CT molecular complexity index is 520. The van der Waals surface area contributed by atoms with Gasteiger partial charge in [0.05, 0.1) is 18.7 Å². The van der Waals surface area contributed by atoms with E-state index in [1.807, 2.05) is 10.8 Å². The molecule has 6 nitrogen and oxygen atoms in total. The number of esters is 1. The Labute approximate surface area is 118 Å². The third-order valence-electron chi connectivity index (χ3n) is 3.53. The number of rotatable bonds is 5. The molecule has 0 radical (unpaired) electrons. The Morgan fingerprint density at radius 3 is 2.75 bits per heavy atom. The van der Waals surface area contributed by atoms with Gasteiger partial charge in [-0.1, -0.05) is 6.92 Å². The SMILES string of the molecule is COC(=O)C(C)CN(C)C(=O)c1cc(N)cn1C1CC1. The first-order valence-corrected chi connectivity index (χ1v) is 6.74. The van der Waals surface area contributed by atoms with E-state index in [-0.39, 0.29) is 17.8 Å². The van der Waals surface area contributed by atoms with Crippen molar-refractivity contribution in [2.75, 3.05) is 26.4 Å². The van der Waals surface area contributed by atoms with Gasteiger partial charge in [-0.3, -0.25) is 9.59 Å². The van der Waals surface area contributed by atoms with Crippen LogP contribution in [0.5, 0.6) is 0 Å². The molecule has 0 aliphatic heterocycles. The fraction of sp³-hybridized carbons (Fsp3) is 0.571. The van der Waals surface area contributed by atoms with Crippen molar-refractivity contribution in [3.8, 4) is 0 Å². The molecule has 2 rings (SSSR count). The Hall–Kier alpha value is -1.98. The van der Waals surface area contributed by atoms with Gasteiger partial charge in [-0.25, -0.2) is 0 Å². The molecular formula is C14H21N3O3. The second-order valence-electron chi connectivity index (χ2n) is 5.41. The van der Waals surface area contributed by atoms with Crippen LogP contribution in [0.2, 0.25) is 0 Å². The van der Waals surface area contributed by atoms with E-state index in [9.17, 15) is 9.59 Å². The summed E-state index contributed by atoms with van der Waals surface area (Å²) < 4.78 is 6.61. The zero-order valence-corrected chi connectivity index (χ0v) is 12.1. The van der Waals surface area contributed by atoms with E-state index in [1.54, 1.807) is 20.0 Å². The van der Waals surface area contributed by atoms with Gasteiger partial charge in [-0.05, 0) is 18.9 Å². The van der Waals surface area contributed by atoms with Gasteiger partial charge in [0.15, 0.2) is 0 Å². The molecule has 0 spiro atoms. The molecule has 0 aromatic carbocycles. The molecule has 6 heteroatoms. The van der Waals surface area contributed by atoms with E-state index in [2.05, 4.69) is 4.74 Å². The normalized spacial score (nSPS) is 15.8. The van der Waals surface area contributed by atoms with E-state index >= 15 is 0 Å². The van der Waals surface area contributed by atoms with Crippen LogP contribution in [0.1, 0.15) is 36.3 Å². The van der Waals surface area contributed by atoms with E-state index in [1.165, 1.54) is 12.0 Å². The first kappa shape index (κ1) is 14.4. The molecule has 110 valence electrons. The molecule has 1 aromatic rings. The number of nitrogens with zero attached hydrogens (tertiary/aromatic N) is 2. The molecule has 20 heavy (non-hydrogen) atoms. The number of carbonyl (C=O) groups is 2. The molecule has 1 aromatic heterocycles. The van der Waals surface area contributed by atoms with Gasteiger partial charge in [0.25, 0.3) is 5.91 Å². The molecule has 1 atom stereocenters. The summed E-state index contributed by atoms with van der Waals surface area (Å²) in [5, 5.41) is 0. The van der Waals surface area contributed by atoms with E-state index < -0.39 is 0 Å². The summed E-state index contributed by atoms with van der Waals surface area (Å²) in [7, 11) is 3.03. The molecule has 1 aliphatic carbocycles. The van der Waals surface area contributed by atoms with E-state index in [0.717, 1.165) is 12.8 Å². The average molecular weight is 279 g/mol. The maximum absolute atomic E-state index is 12.5. The number of amides is 1. The van der Waals surface area contributed by atoms with Crippen molar-refractivity contribution in [2.45, 2.75) is 25.8 Å². The molecule has 1 amide bonds. The number of carbonyl (C=O) groups excluding carboxylic acids is 2. The molecule has 1 unspecified atom stereocenters. The lowest BCUT2D eigenvalue weighted by Gasteiger charge is -2.21. The quantitative estimate of drug-likeness (QED) is 0.824. The number of hydrogen-bond donors (Lipinski definition) is 1. The van der Waals surface area contributed by atoms with Crippen molar-refractivity contribution in [1.29, 1.82) is 0 Å². The van der Waals surface area contributed by atoms with Crippen molar-refractivity contribution >= 4 is 17.6 Å². The summed E-state index contributed by atoms with van der Waals surface area (Å²) in [6, 6.07) is 2.08. The lowest BCUT2D eigenvalue weighted by molar-refractivity contribution is -0.145. The third kappa shape index (κ3) is 2.95. The topological polar surface area (TPSA) is 77.6 Å². The highest BCUT2D eigenvalue weighted by Crippen LogP contribution is 2.37. The van der Waals surface area contributed by atoms with E-state index in [0.29, 0.717) is 24.0 Å². The summed E-state index contributed by atoms with van der Waals surface area (Å²) in [5.41, 5.74) is 6.97. The van der Waals surface area contributed by atoms with Crippen LogP contribution in [-0.2, 0) is 9.53 Å². The number of nitrogen functional groups attached to an aromatic ring is 1. The number of anilines is 1. The smallest absolute Gasteiger partial charge is 0.310 e. The van der Waals surface area contributed by atoms with Crippen molar-refractivity contribution < 1.29 is 14.3 Å². The minimum Gasteiger partial charge on any atom is -0.469 e. The minimum absolute atomic E-state index is 0.121. The maximum Gasteiger partial charge on any atom is 0.310 e. The first-order valence-electron chi connectivity index (χ1n) is 6.74. The summed E-state index contributed by atoms with van der Waals surface area (Å²) in [5.74, 6) is -0.790. The standard InChI is InChI=1S/C14H21N3O3/c1-9(14(19)20-3)7-16(2)13(18)12-6-10(15)8-17(12)11-4-5-11/h6,8-9,11H,4-5,7,15H2,1-3H3. The minimum atomic E-state index is -0.351. The van der Waals surface area contributed by atoms with Crippen molar-refractivity contribution in [2.24, 2.45) is 5.92 Å². The first-order chi connectivity index (χ1) is 9.43. The lowest BCUT2D eigenvalue weighted by Crippen LogP contribution is -2.35.